The summed E-state index contributed by atoms with van der Waals surface area (Å²) in [5.41, 5.74) is 0. The molecule has 1 aliphatic rings. The van der Waals surface area contributed by atoms with Crippen molar-refractivity contribution >= 4 is 29.0 Å². The molecule has 62 valence electrons. The first-order chi connectivity index (χ1) is 5.26. The zero-order chi connectivity index (χ0) is 8.27. The van der Waals surface area contributed by atoms with Crippen LogP contribution in [-0.2, 0) is 12.6 Å². The maximum atomic E-state index is 10.7. The average molecular weight is 270 g/mol. The van der Waals surface area contributed by atoms with Crippen LogP contribution in [0.3, 0.4) is 0 Å². The summed E-state index contributed by atoms with van der Waals surface area (Å²) in [6.07, 6.45) is 1.32. The first kappa shape index (κ1) is 8.79. The first-order valence-corrected chi connectivity index (χ1v) is 3.95. The molecule has 1 heterocycles. The lowest BCUT2D eigenvalue weighted by Gasteiger charge is -2.19. The fourth-order valence-corrected chi connectivity index (χ4v) is 1.21. The molecule has 0 unspecified atom stereocenters. The van der Waals surface area contributed by atoms with Crippen molar-refractivity contribution in [1.29, 1.82) is 0 Å². The molecule has 0 aromatic carbocycles. The molecule has 1 aliphatic heterocycles. The molecule has 1 rings (SSSR count). The van der Waals surface area contributed by atoms with Crippen molar-refractivity contribution in [2.45, 2.75) is 18.9 Å². The highest BCUT2D eigenvalue weighted by molar-refractivity contribution is 14.1. The lowest BCUT2D eigenvalue weighted by atomic mass is 10.1. The van der Waals surface area contributed by atoms with Gasteiger partial charge in [0.1, 0.15) is 35.0 Å². The molecule has 0 aliphatic carbocycles. The zero-order valence-corrected chi connectivity index (χ0v) is 7.78. The second-order valence-electron chi connectivity index (χ2n) is 2.19. The molecule has 4 nitrogen and oxygen atoms in total. The van der Waals surface area contributed by atoms with Gasteiger partial charge in [0.15, 0.2) is 0 Å². The van der Waals surface area contributed by atoms with Crippen LogP contribution in [0.2, 0.25) is 0 Å². The second-order valence-corrected chi connectivity index (χ2v) is 2.70. The van der Waals surface area contributed by atoms with E-state index in [1.54, 1.807) is 23.0 Å². The van der Waals surface area contributed by atoms with Crippen LogP contribution in [0.1, 0.15) is 12.8 Å². The van der Waals surface area contributed by atoms with Crippen molar-refractivity contribution in [2.24, 2.45) is 0 Å². The van der Waals surface area contributed by atoms with E-state index in [2.05, 4.69) is 4.74 Å². The molecule has 0 radical (unpaired) electrons. The van der Waals surface area contributed by atoms with Crippen molar-refractivity contribution in [2.75, 3.05) is 0 Å². The number of carbonyl (C=O) groups excluding carboxylic acids is 1. The minimum absolute atomic E-state index is 0.171. The molecular weight excluding hydrogens is 263 g/mol. The summed E-state index contributed by atoms with van der Waals surface area (Å²) in [4.78, 5) is 10.7. The number of carbonyl (C=O) groups is 1. The third-order valence-electron chi connectivity index (χ3n) is 1.34. The van der Waals surface area contributed by atoms with E-state index in [0.29, 0.717) is 6.42 Å². The average Bonchev–Trinajstić information content (AvgIpc) is 2.03. The predicted molar refractivity (Wildman–Crippen MR) is 44.9 cm³/mol. The largest absolute Gasteiger partial charge is 0.512 e. The SMILES string of the molecule is O=C1C[C@H](OI)C/C(=C\O)O1. The normalized spacial score (nSPS) is 28.6. The summed E-state index contributed by atoms with van der Waals surface area (Å²) in [5.74, 6) is -0.0962. The van der Waals surface area contributed by atoms with Crippen molar-refractivity contribution in [3.63, 3.8) is 0 Å². The molecule has 5 heteroatoms. The van der Waals surface area contributed by atoms with Gasteiger partial charge in [0, 0.05) is 6.42 Å². The molecule has 11 heavy (non-hydrogen) atoms. The lowest BCUT2D eigenvalue weighted by Crippen LogP contribution is -2.23. The van der Waals surface area contributed by atoms with Gasteiger partial charge in [-0.25, -0.2) is 0 Å². The number of esters is 1. The van der Waals surface area contributed by atoms with Crippen LogP contribution in [0, 0.1) is 0 Å². The topological polar surface area (TPSA) is 55.8 Å². The number of hydrogen-bond acceptors (Lipinski definition) is 4. The summed E-state index contributed by atoms with van der Waals surface area (Å²) in [6, 6.07) is 0. The van der Waals surface area contributed by atoms with Crippen LogP contribution >= 0.6 is 23.0 Å². The summed E-state index contributed by atoms with van der Waals surface area (Å²) >= 11 is 1.73. The van der Waals surface area contributed by atoms with E-state index in [1.807, 2.05) is 0 Å². The predicted octanol–water partition coefficient (Wildman–Crippen LogP) is 1.46. The number of hydrogen-bond donors (Lipinski definition) is 1. The first-order valence-electron chi connectivity index (χ1n) is 3.07. The van der Waals surface area contributed by atoms with E-state index >= 15 is 0 Å². The third-order valence-corrected chi connectivity index (χ3v) is 2.06. The van der Waals surface area contributed by atoms with Gasteiger partial charge in [-0.3, -0.25) is 4.79 Å². The Morgan fingerprint density at radius 1 is 1.73 bits per heavy atom. The molecule has 0 aromatic heterocycles. The van der Waals surface area contributed by atoms with Gasteiger partial charge >= 0.3 is 5.97 Å². The summed E-state index contributed by atoms with van der Waals surface area (Å²) in [5, 5.41) is 8.52. The Balaban J connectivity index is 2.58. The Labute approximate surface area is 77.9 Å². The maximum Gasteiger partial charge on any atom is 0.313 e. The molecule has 0 spiro atoms. The van der Waals surface area contributed by atoms with Gasteiger partial charge in [0.05, 0.1) is 12.5 Å². The molecule has 1 N–H and O–H groups in total. The second kappa shape index (κ2) is 3.91. The number of ether oxygens (including phenoxy) is 1. The van der Waals surface area contributed by atoms with Gasteiger partial charge < -0.3 is 12.9 Å². The van der Waals surface area contributed by atoms with Crippen LogP contribution in [0.5, 0.6) is 0 Å². The van der Waals surface area contributed by atoms with Crippen molar-refractivity contribution in [3.8, 4) is 0 Å². The monoisotopic (exact) mass is 270 g/mol. The molecule has 1 saturated heterocycles. The maximum absolute atomic E-state index is 10.7. The van der Waals surface area contributed by atoms with Gasteiger partial charge in [-0.2, -0.15) is 0 Å². The molecule has 1 fully saturated rings. The minimum atomic E-state index is -0.363. The summed E-state index contributed by atoms with van der Waals surface area (Å²) in [6.45, 7) is 0. The number of rotatable bonds is 1. The van der Waals surface area contributed by atoms with Gasteiger partial charge in [0.25, 0.3) is 0 Å². The fraction of sp³-hybridized carbons (Fsp3) is 0.500. The Kier molecular flexibility index (Phi) is 3.13. The highest BCUT2D eigenvalue weighted by Gasteiger charge is 2.24. The lowest BCUT2D eigenvalue weighted by molar-refractivity contribution is -0.144. The smallest absolute Gasteiger partial charge is 0.313 e. The van der Waals surface area contributed by atoms with E-state index in [9.17, 15) is 4.79 Å². The fourth-order valence-electron chi connectivity index (χ4n) is 0.854. The third kappa shape index (κ3) is 2.33. The van der Waals surface area contributed by atoms with Crippen molar-refractivity contribution in [1.82, 2.24) is 0 Å². The van der Waals surface area contributed by atoms with Crippen LogP contribution in [0.25, 0.3) is 0 Å². The Morgan fingerprint density at radius 2 is 2.45 bits per heavy atom. The zero-order valence-electron chi connectivity index (χ0n) is 5.62. The quantitative estimate of drug-likeness (QED) is 0.445. The number of halogens is 1. The minimum Gasteiger partial charge on any atom is -0.512 e. The molecule has 0 amide bonds. The van der Waals surface area contributed by atoms with E-state index < -0.39 is 0 Å². The van der Waals surface area contributed by atoms with E-state index in [0.717, 1.165) is 6.26 Å². The van der Waals surface area contributed by atoms with E-state index in [4.69, 9.17) is 8.17 Å². The summed E-state index contributed by atoms with van der Waals surface area (Å²) < 4.78 is 9.57. The van der Waals surface area contributed by atoms with Crippen molar-refractivity contribution in [3.05, 3.63) is 12.0 Å². The highest BCUT2D eigenvalue weighted by atomic mass is 127. The van der Waals surface area contributed by atoms with E-state index in [-0.39, 0.29) is 24.3 Å². The van der Waals surface area contributed by atoms with Gasteiger partial charge in [-0.05, 0) is 0 Å². The molecule has 0 bridgehead atoms. The highest BCUT2D eigenvalue weighted by Crippen LogP contribution is 2.21. The van der Waals surface area contributed by atoms with Crippen LogP contribution < -0.4 is 0 Å². The van der Waals surface area contributed by atoms with Gasteiger partial charge in [0.2, 0.25) is 0 Å². The standard InChI is InChI=1S/C6H7IO4/c7-11-4-1-5(3-8)10-6(9)2-4/h3-4,8H,1-2H2/b5-3+/t4-/m1/s1. The summed E-state index contributed by atoms with van der Waals surface area (Å²) in [7, 11) is 0. The van der Waals surface area contributed by atoms with Crippen LogP contribution in [0.4, 0.5) is 0 Å². The molecular formula is C6H7IO4. The van der Waals surface area contributed by atoms with Crippen LogP contribution in [-0.4, -0.2) is 17.2 Å². The van der Waals surface area contributed by atoms with E-state index in [1.165, 1.54) is 0 Å². The Bertz CT molecular complexity index is 189. The van der Waals surface area contributed by atoms with Gasteiger partial charge in [-0.15, -0.1) is 0 Å². The number of aliphatic hydroxyl groups excluding tert-OH is 1. The number of cyclic esters (lactones) is 1. The number of aliphatic hydroxyl groups is 1. The molecule has 0 saturated carbocycles. The molecule has 1 atom stereocenters. The van der Waals surface area contributed by atoms with Crippen LogP contribution in [0.15, 0.2) is 12.0 Å². The van der Waals surface area contributed by atoms with Gasteiger partial charge in [-0.1, -0.05) is 0 Å². The van der Waals surface area contributed by atoms with Crippen molar-refractivity contribution < 1.29 is 17.7 Å². The molecule has 0 aromatic rings. The Hall–Kier alpha value is -0.300. The Morgan fingerprint density at radius 3 is 3.00 bits per heavy atom.